The second-order valence-electron chi connectivity index (χ2n) is 5.17. The Kier molecular flexibility index (Phi) is 6.86. The summed E-state index contributed by atoms with van der Waals surface area (Å²) in [6.07, 6.45) is -8.03. The monoisotopic (exact) mass is 350 g/mol. The van der Waals surface area contributed by atoms with Gasteiger partial charge in [-0.15, -0.1) is 0 Å². The fraction of sp³-hybridized carbons (Fsp3) is 0.818. The van der Waals surface area contributed by atoms with E-state index in [0.29, 0.717) is 0 Å². The molecule has 24 heavy (non-hydrogen) atoms. The van der Waals surface area contributed by atoms with Gasteiger partial charge < -0.3 is 40.7 Å². The van der Waals surface area contributed by atoms with E-state index < -0.39 is 67.7 Å². The van der Waals surface area contributed by atoms with Gasteiger partial charge in [-0.25, -0.2) is 4.79 Å². The predicted molar refractivity (Wildman–Crippen MR) is 73.1 cm³/mol. The van der Waals surface area contributed by atoms with E-state index in [9.17, 15) is 30.0 Å². The molecule has 7 N–H and O–H groups in total. The highest BCUT2D eigenvalue weighted by Gasteiger charge is 2.53. The lowest BCUT2D eigenvalue weighted by molar-refractivity contribution is -0.295. The third-order valence-electron chi connectivity index (χ3n) is 3.44. The number of rotatable bonds is 7. The summed E-state index contributed by atoms with van der Waals surface area (Å²) >= 11 is 0. The molecule has 1 saturated heterocycles. The first-order valence-electron chi connectivity index (χ1n) is 6.75. The number of aliphatic hydroxyl groups is 5. The van der Waals surface area contributed by atoms with Crippen molar-refractivity contribution in [1.29, 1.82) is 0 Å². The number of carbonyl (C=O) groups excluding carboxylic acids is 1. The first-order chi connectivity index (χ1) is 11.2. The molecule has 13 heteroatoms. The predicted octanol–water partition coefficient (Wildman–Crippen LogP) is -3.58. The van der Waals surface area contributed by atoms with Gasteiger partial charge in [-0.2, -0.15) is 0 Å². The zero-order chi connectivity index (χ0) is 18.5. The minimum Gasteiger partial charge on any atom is -0.477 e. The Hall–Kier alpha value is -1.99. The van der Waals surface area contributed by atoms with E-state index in [4.69, 9.17) is 20.5 Å². The van der Waals surface area contributed by atoms with Crippen molar-refractivity contribution in [3.05, 3.63) is 10.4 Å². The number of nitrogens with one attached hydrogen (secondary N) is 1. The van der Waals surface area contributed by atoms with Crippen LogP contribution in [-0.2, 0) is 14.3 Å². The van der Waals surface area contributed by atoms with E-state index in [0.717, 1.165) is 0 Å². The average molecular weight is 350 g/mol. The summed E-state index contributed by atoms with van der Waals surface area (Å²) < 4.78 is 4.87. The molecule has 1 rings (SSSR count). The molecule has 1 heterocycles. The van der Waals surface area contributed by atoms with Crippen LogP contribution in [0.25, 0.3) is 10.4 Å². The van der Waals surface area contributed by atoms with Gasteiger partial charge >= 0.3 is 5.97 Å². The highest BCUT2D eigenvalue weighted by atomic mass is 16.7. The van der Waals surface area contributed by atoms with Crippen molar-refractivity contribution >= 4 is 11.9 Å². The zero-order valence-electron chi connectivity index (χ0n) is 12.3. The van der Waals surface area contributed by atoms with Gasteiger partial charge in [0, 0.05) is 11.3 Å². The molecule has 0 aromatic carbocycles. The Morgan fingerprint density at radius 3 is 2.58 bits per heavy atom. The van der Waals surface area contributed by atoms with Crippen molar-refractivity contribution in [2.75, 3.05) is 13.2 Å². The quantitative estimate of drug-likeness (QED) is 0.137. The fourth-order valence-corrected chi connectivity index (χ4v) is 2.23. The number of aliphatic hydroxyl groups excluding tert-OH is 4. The first-order valence-corrected chi connectivity index (χ1v) is 6.75. The summed E-state index contributed by atoms with van der Waals surface area (Å²) in [4.78, 5) is 25.0. The van der Waals surface area contributed by atoms with Gasteiger partial charge in [0.25, 0.3) is 5.79 Å². The number of carboxylic acid groups (broad SMARTS) is 1. The molecular weight excluding hydrogens is 332 g/mol. The molecular formula is C11H18N4O9. The Labute approximate surface area is 134 Å². The first kappa shape index (κ1) is 20.1. The average Bonchev–Trinajstić information content (AvgIpc) is 2.53. The number of carboxylic acids is 1. The lowest BCUT2D eigenvalue weighted by atomic mass is 9.88. The molecule has 136 valence electrons. The third kappa shape index (κ3) is 4.52. The maximum atomic E-state index is 11.6. The van der Waals surface area contributed by atoms with E-state index in [-0.39, 0.29) is 0 Å². The number of hydrogen-bond donors (Lipinski definition) is 7. The molecule has 0 spiro atoms. The van der Waals surface area contributed by atoms with Crippen LogP contribution in [0.4, 0.5) is 0 Å². The number of azide groups is 1. The van der Waals surface area contributed by atoms with Gasteiger partial charge in [0.2, 0.25) is 5.91 Å². The second kappa shape index (κ2) is 8.21. The normalized spacial score (nSPS) is 32.3. The molecule has 0 saturated carbocycles. The maximum absolute atomic E-state index is 11.6. The Morgan fingerprint density at radius 1 is 1.46 bits per heavy atom. The largest absolute Gasteiger partial charge is 0.477 e. The molecule has 0 bridgehead atoms. The summed E-state index contributed by atoms with van der Waals surface area (Å²) in [7, 11) is 0. The van der Waals surface area contributed by atoms with Crippen molar-refractivity contribution in [1.82, 2.24) is 5.32 Å². The van der Waals surface area contributed by atoms with Crippen LogP contribution in [0.1, 0.15) is 6.42 Å². The van der Waals surface area contributed by atoms with Crippen LogP contribution in [0.5, 0.6) is 0 Å². The molecule has 0 aliphatic carbocycles. The van der Waals surface area contributed by atoms with Crippen LogP contribution < -0.4 is 5.32 Å². The number of hydrogen-bond acceptors (Lipinski definition) is 9. The highest BCUT2D eigenvalue weighted by molar-refractivity contribution is 5.79. The van der Waals surface area contributed by atoms with Crippen LogP contribution >= 0.6 is 0 Å². The molecule has 1 aliphatic heterocycles. The molecule has 0 unspecified atom stereocenters. The highest BCUT2D eigenvalue weighted by Crippen LogP contribution is 2.30. The molecule has 0 radical (unpaired) electrons. The van der Waals surface area contributed by atoms with E-state index in [1.807, 2.05) is 0 Å². The van der Waals surface area contributed by atoms with Crippen LogP contribution in [0, 0.1) is 0 Å². The van der Waals surface area contributed by atoms with Crippen molar-refractivity contribution in [3.63, 3.8) is 0 Å². The lowest BCUT2D eigenvalue weighted by Crippen LogP contribution is -2.67. The minimum atomic E-state index is -2.87. The van der Waals surface area contributed by atoms with Crippen LogP contribution in [-0.4, -0.2) is 91.9 Å². The summed E-state index contributed by atoms with van der Waals surface area (Å²) in [6, 6.07) is -1.44. The van der Waals surface area contributed by atoms with Gasteiger partial charge in [-0.3, -0.25) is 4.79 Å². The Morgan fingerprint density at radius 2 is 2.08 bits per heavy atom. The number of aliphatic carboxylic acids is 1. The molecule has 1 amide bonds. The molecule has 1 aliphatic rings. The third-order valence-corrected chi connectivity index (χ3v) is 3.44. The number of carbonyl (C=O) groups is 2. The Balaban J connectivity index is 3.06. The Bertz CT molecular complexity index is 526. The molecule has 0 aromatic heterocycles. The van der Waals surface area contributed by atoms with Gasteiger partial charge in [0.05, 0.1) is 18.8 Å². The SMILES string of the molecule is [N-]=[N+]=NCC(=O)N[C@H]1[C@H]([C@H](O)[C@H](O)CO)O[C@](O)(C(=O)O)C[C@@H]1O. The van der Waals surface area contributed by atoms with Crippen molar-refractivity contribution in [2.45, 2.75) is 42.7 Å². The summed E-state index contributed by atoms with van der Waals surface area (Å²) in [5.41, 5.74) is 8.15. The van der Waals surface area contributed by atoms with E-state index in [1.54, 1.807) is 0 Å². The van der Waals surface area contributed by atoms with Crippen molar-refractivity contribution in [2.24, 2.45) is 5.11 Å². The van der Waals surface area contributed by atoms with Gasteiger partial charge in [-0.1, -0.05) is 5.11 Å². The van der Waals surface area contributed by atoms with Gasteiger partial charge in [0.15, 0.2) is 0 Å². The van der Waals surface area contributed by atoms with Crippen molar-refractivity contribution < 1.29 is 45.0 Å². The van der Waals surface area contributed by atoms with Crippen LogP contribution in [0.2, 0.25) is 0 Å². The van der Waals surface area contributed by atoms with Crippen LogP contribution in [0.3, 0.4) is 0 Å². The van der Waals surface area contributed by atoms with Gasteiger partial charge in [0.1, 0.15) is 24.9 Å². The summed E-state index contributed by atoms with van der Waals surface area (Å²) in [5.74, 6) is -5.60. The number of ether oxygens (including phenoxy) is 1. The molecule has 13 nitrogen and oxygen atoms in total. The van der Waals surface area contributed by atoms with E-state index in [2.05, 4.69) is 15.3 Å². The van der Waals surface area contributed by atoms with Crippen molar-refractivity contribution in [3.8, 4) is 0 Å². The standard InChI is InChI=1S/C11H18N4O9/c12-15-13-2-6(19)14-7-4(17)1-11(23,10(21)22)24-9(7)8(20)5(18)3-16/h4-5,7-9,16-18,20,23H,1-3H2,(H,14,19)(H,21,22)/t4-,5+,7+,8+,9+,11-/m0/s1. The maximum Gasteiger partial charge on any atom is 0.364 e. The van der Waals surface area contributed by atoms with E-state index in [1.165, 1.54) is 0 Å². The number of amides is 1. The molecule has 6 atom stereocenters. The van der Waals surface area contributed by atoms with E-state index >= 15 is 0 Å². The van der Waals surface area contributed by atoms with Crippen LogP contribution in [0.15, 0.2) is 5.11 Å². The molecule has 0 aromatic rings. The topological polar surface area (TPSA) is 226 Å². The minimum absolute atomic E-state index is 0.645. The second-order valence-corrected chi connectivity index (χ2v) is 5.17. The lowest BCUT2D eigenvalue weighted by Gasteiger charge is -2.44. The zero-order valence-corrected chi connectivity index (χ0v) is 12.3. The summed E-state index contributed by atoms with van der Waals surface area (Å²) in [5, 5.41) is 62.3. The number of nitrogens with zero attached hydrogens (tertiary/aromatic N) is 3. The summed E-state index contributed by atoms with van der Waals surface area (Å²) in [6.45, 7) is -1.57. The fourth-order valence-electron chi connectivity index (χ4n) is 2.23. The molecule has 1 fully saturated rings. The van der Waals surface area contributed by atoms with Gasteiger partial charge in [-0.05, 0) is 5.53 Å². The smallest absolute Gasteiger partial charge is 0.364 e.